The lowest BCUT2D eigenvalue weighted by atomic mass is 9.84. The molecule has 3 unspecified atom stereocenters. The Labute approximate surface area is 155 Å². The van der Waals surface area contributed by atoms with Crippen LogP contribution in [0.25, 0.3) is 0 Å². The fourth-order valence-electron chi connectivity index (χ4n) is 3.84. The van der Waals surface area contributed by atoms with Crippen molar-refractivity contribution in [3.05, 3.63) is 29.8 Å². The Hall–Kier alpha value is -2.08. The van der Waals surface area contributed by atoms with Crippen LogP contribution in [-0.2, 0) is 9.59 Å². The molecular weight excluding hydrogens is 332 g/mol. The molecule has 1 aliphatic rings. The second-order valence-electron chi connectivity index (χ2n) is 6.85. The van der Waals surface area contributed by atoms with E-state index in [0.717, 1.165) is 24.2 Å². The molecule has 0 spiro atoms. The number of aliphatic carboxylic acids is 1. The van der Waals surface area contributed by atoms with Crippen molar-refractivity contribution < 1.29 is 19.4 Å². The highest BCUT2D eigenvalue weighted by molar-refractivity contribution is 5.79. The van der Waals surface area contributed by atoms with E-state index in [-0.39, 0.29) is 24.4 Å². The van der Waals surface area contributed by atoms with E-state index in [1.54, 1.807) is 7.11 Å². The van der Waals surface area contributed by atoms with Gasteiger partial charge in [-0.15, -0.1) is 0 Å². The van der Waals surface area contributed by atoms with Gasteiger partial charge in [0.2, 0.25) is 5.91 Å². The van der Waals surface area contributed by atoms with Gasteiger partial charge >= 0.3 is 5.97 Å². The van der Waals surface area contributed by atoms with Crippen LogP contribution in [0.4, 0.5) is 0 Å². The molecule has 1 fully saturated rings. The fourth-order valence-corrected chi connectivity index (χ4v) is 3.84. The highest BCUT2D eigenvalue weighted by Gasteiger charge is 2.46. The number of likely N-dealkylation sites (tertiary alicyclic amines) is 1. The van der Waals surface area contributed by atoms with E-state index in [9.17, 15) is 14.7 Å². The van der Waals surface area contributed by atoms with E-state index in [1.807, 2.05) is 36.1 Å². The minimum atomic E-state index is -0.799. The van der Waals surface area contributed by atoms with Gasteiger partial charge in [0.15, 0.2) is 0 Å². The first-order valence-electron chi connectivity index (χ1n) is 9.39. The first-order chi connectivity index (χ1) is 12.5. The largest absolute Gasteiger partial charge is 0.497 e. The summed E-state index contributed by atoms with van der Waals surface area (Å²) in [5, 5.41) is 12.7. The molecule has 0 aromatic heterocycles. The molecule has 26 heavy (non-hydrogen) atoms. The van der Waals surface area contributed by atoms with Gasteiger partial charge in [-0.25, -0.2) is 0 Å². The summed E-state index contributed by atoms with van der Waals surface area (Å²) in [6, 6.07) is 7.43. The second-order valence-corrected chi connectivity index (χ2v) is 6.85. The lowest BCUT2D eigenvalue weighted by Crippen LogP contribution is -2.42. The molecule has 1 heterocycles. The van der Waals surface area contributed by atoms with Crippen molar-refractivity contribution in [1.29, 1.82) is 0 Å². The SMILES string of the molecule is CCCCNC(=O)CN1CC(c2ccc(OC)cc2)C(C(=O)O)C1CC. The maximum absolute atomic E-state index is 12.2. The number of carbonyl (C=O) groups excluding carboxylic acids is 1. The van der Waals surface area contributed by atoms with E-state index in [2.05, 4.69) is 12.2 Å². The molecule has 2 N–H and O–H groups in total. The first kappa shape index (κ1) is 20.2. The number of benzene rings is 1. The quantitative estimate of drug-likeness (QED) is 0.660. The van der Waals surface area contributed by atoms with E-state index in [0.29, 0.717) is 19.5 Å². The van der Waals surface area contributed by atoms with Crippen molar-refractivity contribution in [3.63, 3.8) is 0 Å². The molecule has 1 aromatic rings. The predicted octanol–water partition coefficient (Wildman–Crippen LogP) is 2.49. The summed E-state index contributed by atoms with van der Waals surface area (Å²) >= 11 is 0. The molecule has 3 atom stereocenters. The van der Waals surface area contributed by atoms with Gasteiger partial charge < -0.3 is 15.2 Å². The van der Waals surface area contributed by atoms with E-state index < -0.39 is 11.9 Å². The minimum Gasteiger partial charge on any atom is -0.497 e. The van der Waals surface area contributed by atoms with Crippen LogP contribution >= 0.6 is 0 Å². The summed E-state index contributed by atoms with van der Waals surface area (Å²) in [6.45, 7) is 5.56. The van der Waals surface area contributed by atoms with Crippen LogP contribution < -0.4 is 10.1 Å². The molecule has 1 amide bonds. The molecule has 1 aromatic carbocycles. The number of carbonyl (C=O) groups is 2. The average molecular weight is 362 g/mol. The zero-order chi connectivity index (χ0) is 19.1. The highest BCUT2D eigenvalue weighted by Crippen LogP contribution is 2.39. The number of ether oxygens (including phenoxy) is 1. The van der Waals surface area contributed by atoms with E-state index in [1.165, 1.54) is 0 Å². The number of methoxy groups -OCH3 is 1. The predicted molar refractivity (Wildman–Crippen MR) is 100 cm³/mol. The van der Waals surface area contributed by atoms with E-state index >= 15 is 0 Å². The van der Waals surface area contributed by atoms with Crippen LogP contribution in [0.15, 0.2) is 24.3 Å². The number of rotatable bonds is 9. The second kappa shape index (κ2) is 9.57. The summed E-state index contributed by atoms with van der Waals surface area (Å²) < 4.78 is 5.19. The van der Waals surface area contributed by atoms with Gasteiger partial charge in [-0.1, -0.05) is 32.4 Å². The number of nitrogens with one attached hydrogen (secondary N) is 1. The highest BCUT2D eigenvalue weighted by atomic mass is 16.5. The van der Waals surface area contributed by atoms with Gasteiger partial charge in [0.05, 0.1) is 19.6 Å². The third-order valence-electron chi connectivity index (χ3n) is 5.19. The molecular formula is C20H30N2O4. The van der Waals surface area contributed by atoms with Crippen LogP contribution in [0.2, 0.25) is 0 Å². The summed E-state index contributed by atoms with van der Waals surface area (Å²) in [4.78, 5) is 26.2. The standard InChI is InChI=1S/C20H30N2O4/c1-4-6-11-21-18(23)13-22-12-16(19(20(24)25)17(22)5-2)14-7-9-15(26-3)10-8-14/h7-10,16-17,19H,4-6,11-13H2,1-3H3,(H,21,23)(H,24,25). The maximum atomic E-state index is 12.2. The number of amides is 1. The van der Waals surface area contributed by atoms with Crippen LogP contribution in [0, 0.1) is 5.92 Å². The Morgan fingerprint density at radius 2 is 1.96 bits per heavy atom. The van der Waals surface area contributed by atoms with Crippen LogP contribution in [0.1, 0.15) is 44.6 Å². The molecule has 1 aliphatic heterocycles. The summed E-state index contributed by atoms with van der Waals surface area (Å²) in [7, 11) is 1.61. The van der Waals surface area contributed by atoms with Crippen molar-refractivity contribution in [2.24, 2.45) is 5.92 Å². The third-order valence-corrected chi connectivity index (χ3v) is 5.19. The number of hydrogen-bond acceptors (Lipinski definition) is 4. The number of hydrogen-bond donors (Lipinski definition) is 2. The Kier molecular flexibility index (Phi) is 7.45. The normalized spacial score (nSPS) is 23.0. The molecule has 2 rings (SSSR count). The Bertz CT molecular complexity index is 602. The van der Waals surface area contributed by atoms with Crippen LogP contribution in [0.3, 0.4) is 0 Å². The summed E-state index contributed by atoms with van der Waals surface area (Å²) in [6.07, 6.45) is 2.68. The first-order valence-corrected chi connectivity index (χ1v) is 9.39. The summed E-state index contributed by atoms with van der Waals surface area (Å²) in [5.74, 6) is -0.732. The van der Waals surface area contributed by atoms with Crippen molar-refractivity contribution in [1.82, 2.24) is 10.2 Å². The number of carboxylic acid groups (broad SMARTS) is 1. The van der Waals surface area contributed by atoms with Gasteiger partial charge in [0.25, 0.3) is 0 Å². The lowest BCUT2D eigenvalue weighted by molar-refractivity contribution is -0.143. The van der Waals surface area contributed by atoms with Crippen LogP contribution in [0.5, 0.6) is 5.75 Å². The molecule has 6 heteroatoms. The maximum Gasteiger partial charge on any atom is 0.308 e. The van der Waals surface area contributed by atoms with Crippen LogP contribution in [-0.4, -0.2) is 54.7 Å². The van der Waals surface area contributed by atoms with Gasteiger partial charge in [-0.3, -0.25) is 14.5 Å². The molecule has 144 valence electrons. The van der Waals surface area contributed by atoms with Crippen molar-refractivity contribution in [3.8, 4) is 5.75 Å². The topological polar surface area (TPSA) is 78.9 Å². The third kappa shape index (κ3) is 4.75. The fraction of sp³-hybridized carbons (Fsp3) is 0.600. The molecule has 0 bridgehead atoms. The molecule has 0 radical (unpaired) electrons. The zero-order valence-electron chi connectivity index (χ0n) is 15.9. The Morgan fingerprint density at radius 3 is 2.50 bits per heavy atom. The lowest BCUT2D eigenvalue weighted by Gasteiger charge is -2.25. The van der Waals surface area contributed by atoms with Gasteiger partial charge in [-0.2, -0.15) is 0 Å². The minimum absolute atomic E-state index is 0.0311. The smallest absolute Gasteiger partial charge is 0.308 e. The van der Waals surface area contributed by atoms with Crippen molar-refractivity contribution in [2.45, 2.75) is 45.1 Å². The summed E-state index contributed by atoms with van der Waals surface area (Å²) in [5.41, 5.74) is 0.977. The molecule has 1 saturated heterocycles. The monoisotopic (exact) mass is 362 g/mol. The number of nitrogens with zero attached hydrogens (tertiary/aromatic N) is 1. The molecule has 6 nitrogen and oxygen atoms in total. The number of carboxylic acids is 1. The Morgan fingerprint density at radius 1 is 1.27 bits per heavy atom. The molecule has 0 saturated carbocycles. The Balaban J connectivity index is 2.15. The zero-order valence-corrected chi connectivity index (χ0v) is 15.9. The van der Waals surface area contributed by atoms with Gasteiger partial charge in [0.1, 0.15) is 5.75 Å². The van der Waals surface area contributed by atoms with E-state index in [4.69, 9.17) is 4.74 Å². The van der Waals surface area contributed by atoms with Gasteiger partial charge in [-0.05, 0) is 30.5 Å². The van der Waals surface area contributed by atoms with Crippen molar-refractivity contribution in [2.75, 3.05) is 26.7 Å². The molecule has 0 aliphatic carbocycles. The van der Waals surface area contributed by atoms with Crippen molar-refractivity contribution >= 4 is 11.9 Å². The van der Waals surface area contributed by atoms with Gasteiger partial charge in [0, 0.05) is 25.0 Å². The number of unbranched alkanes of at least 4 members (excludes halogenated alkanes) is 1. The average Bonchev–Trinajstić information content (AvgIpc) is 3.00.